The number of para-hydroxylation sites is 1. The monoisotopic (exact) mass is 577 g/mol. The molecule has 11 heteroatoms. The van der Waals surface area contributed by atoms with E-state index < -0.39 is 35.8 Å². The van der Waals surface area contributed by atoms with Crippen molar-refractivity contribution >= 4 is 29.5 Å². The molecule has 4 rings (SSSR count). The van der Waals surface area contributed by atoms with E-state index in [1.807, 2.05) is 44.2 Å². The van der Waals surface area contributed by atoms with Crippen LogP contribution in [-0.2, 0) is 25.6 Å². The first-order valence-electron chi connectivity index (χ1n) is 14.4. The van der Waals surface area contributed by atoms with Gasteiger partial charge in [0.15, 0.2) is 0 Å². The third kappa shape index (κ3) is 8.31. The molecule has 0 aliphatic carbocycles. The van der Waals surface area contributed by atoms with Gasteiger partial charge in [0.2, 0.25) is 23.6 Å². The van der Waals surface area contributed by atoms with Crippen molar-refractivity contribution in [3.63, 3.8) is 0 Å². The van der Waals surface area contributed by atoms with Crippen molar-refractivity contribution in [1.29, 1.82) is 0 Å². The molecule has 2 aliphatic heterocycles. The van der Waals surface area contributed by atoms with Crippen molar-refractivity contribution in [2.24, 2.45) is 5.92 Å². The van der Waals surface area contributed by atoms with Crippen LogP contribution in [-0.4, -0.2) is 78.8 Å². The van der Waals surface area contributed by atoms with E-state index in [2.05, 4.69) is 21.3 Å². The first-order chi connectivity index (χ1) is 20.2. The maximum Gasteiger partial charge on any atom is 0.255 e. The fourth-order valence-electron chi connectivity index (χ4n) is 5.09. The van der Waals surface area contributed by atoms with Gasteiger partial charge in [-0.2, -0.15) is 0 Å². The van der Waals surface area contributed by atoms with Gasteiger partial charge in [-0.3, -0.25) is 24.0 Å². The fourth-order valence-corrected chi connectivity index (χ4v) is 5.09. The van der Waals surface area contributed by atoms with Crippen LogP contribution in [0.3, 0.4) is 0 Å². The van der Waals surface area contributed by atoms with Crippen LogP contribution in [0.2, 0.25) is 0 Å². The predicted octanol–water partition coefficient (Wildman–Crippen LogP) is 1.17. The minimum atomic E-state index is -1.22. The van der Waals surface area contributed by atoms with Gasteiger partial charge in [0.1, 0.15) is 24.4 Å². The Morgan fingerprint density at radius 3 is 2.45 bits per heavy atom. The number of carbonyl (C=O) groups is 5. The molecule has 2 aliphatic rings. The van der Waals surface area contributed by atoms with Crippen LogP contribution >= 0.6 is 0 Å². The molecule has 0 aromatic heterocycles. The van der Waals surface area contributed by atoms with Gasteiger partial charge in [-0.05, 0) is 36.5 Å². The molecule has 1 fully saturated rings. The molecular weight excluding hydrogens is 538 g/mol. The standard InChI is InChI=1S/C31H39N5O6/c1-20(2)28-31(41)33-22(17-21-9-4-3-5-10-21)19-42-25-12-7-6-11-23(25)29(39)34-24(18-26(37)35-28)30(40)32-14-16-36-15-8-13-27(36)38/h3-7,9-12,20,22,24,28H,8,13-19H2,1-2H3,(H,32,40)(H,33,41)(H,34,39)(H,35,37)/t22-,24+,28+/m1/s1. The largest absolute Gasteiger partial charge is 0.491 e. The molecule has 0 bridgehead atoms. The number of benzene rings is 2. The predicted molar refractivity (Wildman–Crippen MR) is 155 cm³/mol. The summed E-state index contributed by atoms with van der Waals surface area (Å²) in [6.45, 7) is 4.87. The van der Waals surface area contributed by atoms with Crippen LogP contribution in [0.15, 0.2) is 54.6 Å². The highest BCUT2D eigenvalue weighted by Gasteiger charge is 2.31. The van der Waals surface area contributed by atoms with E-state index in [1.165, 1.54) is 0 Å². The van der Waals surface area contributed by atoms with E-state index in [1.54, 1.807) is 29.2 Å². The lowest BCUT2D eigenvalue weighted by Crippen LogP contribution is -2.56. The first-order valence-corrected chi connectivity index (χ1v) is 14.4. The lowest BCUT2D eigenvalue weighted by molar-refractivity contribution is -0.132. The van der Waals surface area contributed by atoms with Crippen molar-refractivity contribution in [1.82, 2.24) is 26.2 Å². The number of ether oxygens (including phenoxy) is 1. The smallest absolute Gasteiger partial charge is 0.255 e. The maximum atomic E-state index is 13.4. The van der Waals surface area contributed by atoms with Gasteiger partial charge < -0.3 is 30.9 Å². The average Bonchev–Trinajstić information content (AvgIpc) is 3.38. The van der Waals surface area contributed by atoms with Gasteiger partial charge in [-0.25, -0.2) is 0 Å². The highest BCUT2D eigenvalue weighted by molar-refractivity contribution is 6.01. The summed E-state index contributed by atoms with van der Waals surface area (Å²) < 4.78 is 6.08. The molecule has 0 spiro atoms. The van der Waals surface area contributed by atoms with Gasteiger partial charge in [0.25, 0.3) is 5.91 Å². The zero-order chi connectivity index (χ0) is 30.1. The lowest BCUT2D eigenvalue weighted by Gasteiger charge is -2.28. The molecule has 224 valence electrons. The molecule has 0 unspecified atom stereocenters. The molecule has 0 radical (unpaired) electrons. The molecule has 42 heavy (non-hydrogen) atoms. The number of likely N-dealkylation sites (tertiary alicyclic amines) is 1. The van der Waals surface area contributed by atoms with Crippen LogP contribution in [0, 0.1) is 5.92 Å². The number of amides is 5. The summed E-state index contributed by atoms with van der Waals surface area (Å²) in [6, 6.07) is 13.7. The normalized spacial score (nSPS) is 21.9. The molecule has 0 saturated carbocycles. The number of carbonyl (C=O) groups excluding carboxylic acids is 5. The molecule has 2 aromatic carbocycles. The van der Waals surface area contributed by atoms with Crippen LogP contribution in [0.1, 0.15) is 49.0 Å². The molecular formula is C31H39N5O6. The Morgan fingerprint density at radius 1 is 1.00 bits per heavy atom. The summed E-state index contributed by atoms with van der Waals surface area (Å²) in [4.78, 5) is 66.7. The van der Waals surface area contributed by atoms with Crippen LogP contribution in [0.25, 0.3) is 0 Å². The summed E-state index contributed by atoms with van der Waals surface area (Å²) >= 11 is 0. The number of rotatable bonds is 7. The summed E-state index contributed by atoms with van der Waals surface area (Å²) in [7, 11) is 0. The topological polar surface area (TPSA) is 146 Å². The van der Waals surface area contributed by atoms with E-state index in [-0.39, 0.29) is 48.6 Å². The van der Waals surface area contributed by atoms with Gasteiger partial charge in [0.05, 0.1) is 18.0 Å². The molecule has 2 aromatic rings. The zero-order valence-electron chi connectivity index (χ0n) is 24.1. The minimum absolute atomic E-state index is 0.0375. The number of hydrogen-bond donors (Lipinski definition) is 4. The van der Waals surface area contributed by atoms with Gasteiger partial charge in [-0.15, -0.1) is 0 Å². The lowest BCUT2D eigenvalue weighted by atomic mass is 10.0. The van der Waals surface area contributed by atoms with E-state index in [9.17, 15) is 24.0 Å². The Kier molecular flexibility index (Phi) is 10.5. The quantitative estimate of drug-likeness (QED) is 0.389. The second-order valence-electron chi connectivity index (χ2n) is 11.0. The van der Waals surface area contributed by atoms with Crippen LogP contribution in [0.4, 0.5) is 0 Å². The summed E-state index contributed by atoms with van der Waals surface area (Å²) in [6.07, 6.45) is 1.37. The fraction of sp³-hybridized carbons (Fsp3) is 0.452. The van der Waals surface area contributed by atoms with Crippen LogP contribution < -0.4 is 26.0 Å². The summed E-state index contributed by atoms with van der Waals surface area (Å²) in [5.41, 5.74) is 1.19. The second kappa shape index (κ2) is 14.5. The van der Waals surface area contributed by atoms with Crippen molar-refractivity contribution in [2.75, 3.05) is 26.2 Å². The molecule has 1 saturated heterocycles. The zero-order valence-corrected chi connectivity index (χ0v) is 24.1. The second-order valence-corrected chi connectivity index (χ2v) is 11.0. The summed E-state index contributed by atoms with van der Waals surface area (Å²) in [5, 5.41) is 11.2. The number of fused-ring (bicyclic) bond motifs is 1. The van der Waals surface area contributed by atoms with Crippen LogP contribution in [0.5, 0.6) is 5.75 Å². The third-order valence-electron chi connectivity index (χ3n) is 7.37. The van der Waals surface area contributed by atoms with E-state index in [4.69, 9.17) is 4.74 Å². The van der Waals surface area contributed by atoms with Crippen molar-refractivity contribution in [3.05, 3.63) is 65.7 Å². The third-order valence-corrected chi connectivity index (χ3v) is 7.37. The Bertz CT molecular complexity index is 1280. The van der Waals surface area contributed by atoms with Gasteiger partial charge in [0, 0.05) is 26.1 Å². The molecule has 11 nitrogen and oxygen atoms in total. The molecule has 4 N–H and O–H groups in total. The van der Waals surface area contributed by atoms with E-state index >= 15 is 0 Å². The van der Waals surface area contributed by atoms with Gasteiger partial charge >= 0.3 is 0 Å². The highest BCUT2D eigenvalue weighted by atomic mass is 16.5. The van der Waals surface area contributed by atoms with E-state index in [0.717, 1.165) is 12.0 Å². The maximum absolute atomic E-state index is 13.4. The summed E-state index contributed by atoms with van der Waals surface area (Å²) in [5.74, 6) is -1.99. The van der Waals surface area contributed by atoms with Crippen molar-refractivity contribution in [3.8, 4) is 5.75 Å². The molecule has 5 amide bonds. The molecule has 3 atom stereocenters. The highest BCUT2D eigenvalue weighted by Crippen LogP contribution is 2.20. The van der Waals surface area contributed by atoms with E-state index in [0.29, 0.717) is 25.9 Å². The van der Waals surface area contributed by atoms with Gasteiger partial charge in [-0.1, -0.05) is 56.3 Å². The SMILES string of the molecule is CC(C)[C@@H]1NC(=O)C[C@@H](C(=O)NCCN2CCCC2=O)NC(=O)c2ccccc2OC[C@@H](Cc2ccccc2)NC1=O. The molecule has 2 heterocycles. The average molecular weight is 578 g/mol. The number of hydrogen-bond acceptors (Lipinski definition) is 6. The number of nitrogens with zero attached hydrogens (tertiary/aromatic N) is 1. The Morgan fingerprint density at radius 2 is 1.74 bits per heavy atom. The Balaban J connectivity index is 1.56. The first kappa shape index (κ1) is 30.5. The number of nitrogens with one attached hydrogen (secondary N) is 4. The van der Waals surface area contributed by atoms with Crippen molar-refractivity contribution in [2.45, 2.75) is 57.7 Å². The Labute approximate surface area is 245 Å². The van der Waals surface area contributed by atoms with Crippen molar-refractivity contribution < 1.29 is 28.7 Å². The Hall–Kier alpha value is -4.41. The minimum Gasteiger partial charge on any atom is -0.491 e.